The molecule has 0 atom stereocenters. The maximum atomic E-state index is 12.7. The lowest BCUT2D eigenvalue weighted by atomic mass is 10.1. The van der Waals surface area contributed by atoms with E-state index >= 15 is 0 Å². The molecule has 9 heteroatoms. The van der Waals surface area contributed by atoms with E-state index in [1.807, 2.05) is 36.6 Å². The van der Waals surface area contributed by atoms with E-state index in [-0.39, 0.29) is 11.4 Å². The number of nitrogens with one attached hydrogen (secondary N) is 2. The van der Waals surface area contributed by atoms with Crippen molar-refractivity contribution in [1.82, 2.24) is 24.9 Å². The van der Waals surface area contributed by atoms with E-state index in [0.29, 0.717) is 17.8 Å². The van der Waals surface area contributed by atoms with E-state index in [4.69, 9.17) is 0 Å². The molecule has 154 valence electrons. The molecular weight excluding hydrogens is 418 g/mol. The van der Waals surface area contributed by atoms with Crippen LogP contribution < -0.4 is 4.72 Å². The van der Waals surface area contributed by atoms with Crippen molar-refractivity contribution in [1.29, 1.82) is 0 Å². The Kier molecular flexibility index (Phi) is 6.03. The van der Waals surface area contributed by atoms with Gasteiger partial charge in [-0.25, -0.2) is 13.1 Å². The molecule has 0 saturated heterocycles. The zero-order valence-electron chi connectivity index (χ0n) is 16.4. The van der Waals surface area contributed by atoms with Crippen LogP contribution in [0, 0.1) is 0 Å². The van der Waals surface area contributed by atoms with Crippen LogP contribution in [0.2, 0.25) is 0 Å². The van der Waals surface area contributed by atoms with Gasteiger partial charge < -0.3 is 0 Å². The highest BCUT2D eigenvalue weighted by molar-refractivity contribution is 7.89. The molecule has 0 aliphatic carbocycles. The molecule has 4 aromatic rings. The van der Waals surface area contributed by atoms with Crippen LogP contribution in [0.15, 0.2) is 65.3 Å². The van der Waals surface area contributed by atoms with Crippen LogP contribution >= 0.6 is 11.3 Å². The number of nitrogens with zero attached hydrogens (tertiary/aromatic N) is 3. The Labute approximate surface area is 179 Å². The van der Waals surface area contributed by atoms with Crippen molar-refractivity contribution >= 4 is 21.4 Å². The van der Waals surface area contributed by atoms with Gasteiger partial charge in [-0.2, -0.15) is 5.10 Å². The van der Waals surface area contributed by atoms with Crippen LogP contribution in [0.3, 0.4) is 0 Å². The van der Waals surface area contributed by atoms with E-state index in [2.05, 4.69) is 24.9 Å². The predicted octanol–water partition coefficient (Wildman–Crippen LogP) is 3.68. The van der Waals surface area contributed by atoms with Crippen molar-refractivity contribution in [2.45, 2.75) is 24.7 Å². The van der Waals surface area contributed by atoms with Crippen molar-refractivity contribution < 1.29 is 8.42 Å². The van der Waals surface area contributed by atoms with Crippen LogP contribution in [-0.4, -0.2) is 35.1 Å². The van der Waals surface area contributed by atoms with Gasteiger partial charge in [-0.1, -0.05) is 25.1 Å². The van der Waals surface area contributed by atoms with Crippen molar-refractivity contribution in [2.24, 2.45) is 0 Å². The largest absolute Gasteiger partial charge is 0.276 e. The van der Waals surface area contributed by atoms with E-state index in [9.17, 15) is 8.42 Å². The Morgan fingerprint density at radius 3 is 2.63 bits per heavy atom. The average Bonchev–Trinajstić information content (AvgIpc) is 3.44. The molecule has 0 saturated carbocycles. The van der Waals surface area contributed by atoms with E-state index in [0.717, 1.165) is 28.1 Å². The van der Waals surface area contributed by atoms with Crippen LogP contribution in [0.5, 0.6) is 0 Å². The summed E-state index contributed by atoms with van der Waals surface area (Å²) in [5.41, 5.74) is 4.20. The summed E-state index contributed by atoms with van der Waals surface area (Å²) in [7, 11) is -3.59. The fourth-order valence-electron chi connectivity index (χ4n) is 3.16. The second-order valence-corrected chi connectivity index (χ2v) is 9.35. The van der Waals surface area contributed by atoms with Crippen molar-refractivity contribution in [3.63, 3.8) is 0 Å². The molecule has 0 spiro atoms. The molecule has 0 amide bonds. The third kappa shape index (κ3) is 4.33. The molecule has 2 N–H and O–H groups in total. The topological polar surface area (TPSA) is 101 Å². The van der Waals surface area contributed by atoms with Gasteiger partial charge in [-0.3, -0.25) is 15.1 Å². The Hall–Kier alpha value is -2.88. The van der Waals surface area contributed by atoms with Gasteiger partial charge in [-0.05, 0) is 42.0 Å². The summed E-state index contributed by atoms with van der Waals surface area (Å²) in [6.45, 7) is 2.27. The highest BCUT2D eigenvalue weighted by Gasteiger charge is 2.19. The first-order chi connectivity index (χ1) is 14.6. The minimum Gasteiger partial charge on any atom is -0.276 e. The highest BCUT2D eigenvalue weighted by Crippen LogP contribution is 2.32. The van der Waals surface area contributed by atoms with Gasteiger partial charge in [0.1, 0.15) is 11.4 Å². The molecule has 0 aliphatic heterocycles. The molecule has 7 nitrogen and oxygen atoms in total. The number of rotatable bonds is 8. The molecule has 4 rings (SSSR count). The summed E-state index contributed by atoms with van der Waals surface area (Å²) in [5.74, 6) is 0. The van der Waals surface area contributed by atoms with Crippen molar-refractivity contribution in [3.8, 4) is 22.0 Å². The third-order valence-electron chi connectivity index (χ3n) is 4.75. The summed E-state index contributed by atoms with van der Waals surface area (Å²) >= 11 is 1.59. The van der Waals surface area contributed by atoms with Crippen molar-refractivity contribution in [3.05, 3.63) is 71.5 Å². The molecule has 3 aromatic heterocycles. The van der Waals surface area contributed by atoms with Crippen LogP contribution in [-0.2, 0) is 22.9 Å². The standard InChI is InChI=1S/C21H21N5O2S2/c1-2-15-5-7-16(8-6-15)30(27,28)24-10-9-17-20(18-14-22-11-12-23-18)25-26-21(17)19-4-3-13-29-19/h3-8,11-14,24H,2,9-10H2,1H3,(H,25,26). The first kappa shape index (κ1) is 20.4. The molecule has 1 aromatic carbocycles. The summed E-state index contributed by atoms with van der Waals surface area (Å²) in [6.07, 6.45) is 6.19. The SMILES string of the molecule is CCc1ccc(S(=O)(=O)NCCc2c(-c3cnccn3)n[nH]c2-c2cccs2)cc1. The zero-order chi connectivity index (χ0) is 21.0. The maximum Gasteiger partial charge on any atom is 0.240 e. The predicted molar refractivity (Wildman–Crippen MR) is 118 cm³/mol. The Balaban J connectivity index is 1.57. The summed E-state index contributed by atoms with van der Waals surface area (Å²) in [5, 5.41) is 9.51. The Bertz CT molecular complexity index is 1200. The van der Waals surface area contributed by atoms with Gasteiger partial charge in [0.25, 0.3) is 0 Å². The van der Waals surface area contributed by atoms with Crippen LogP contribution in [0.1, 0.15) is 18.1 Å². The molecular formula is C21H21N5O2S2. The van der Waals surface area contributed by atoms with E-state index in [1.165, 1.54) is 0 Å². The highest BCUT2D eigenvalue weighted by atomic mass is 32.2. The molecule has 3 heterocycles. The van der Waals surface area contributed by atoms with E-state index in [1.54, 1.807) is 42.1 Å². The van der Waals surface area contributed by atoms with Gasteiger partial charge in [0.15, 0.2) is 0 Å². The van der Waals surface area contributed by atoms with Gasteiger partial charge in [0.2, 0.25) is 10.0 Å². The number of aryl methyl sites for hydroxylation is 1. The number of H-pyrrole nitrogens is 1. The fourth-order valence-corrected chi connectivity index (χ4v) is 4.94. The summed E-state index contributed by atoms with van der Waals surface area (Å²) in [4.78, 5) is 9.76. The molecule has 0 bridgehead atoms. The number of hydrogen-bond acceptors (Lipinski definition) is 6. The van der Waals surface area contributed by atoms with Crippen molar-refractivity contribution in [2.75, 3.05) is 6.54 Å². The smallest absolute Gasteiger partial charge is 0.240 e. The minimum absolute atomic E-state index is 0.239. The van der Waals surface area contributed by atoms with Gasteiger partial charge >= 0.3 is 0 Å². The molecule has 0 aliphatic rings. The molecule has 0 radical (unpaired) electrons. The number of aromatic nitrogens is 4. The number of thiophene rings is 1. The molecule has 0 unspecified atom stereocenters. The number of benzene rings is 1. The second-order valence-electron chi connectivity index (χ2n) is 6.64. The van der Waals surface area contributed by atoms with Gasteiger partial charge in [-0.15, -0.1) is 11.3 Å². The van der Waals surface area contributed by atoms with Crippen LogP contribution in [0.4, 0.5) is 0 Å². The fraction of sp³-hybridized carbons (Fsp3) is 0.190. The second kappa shape index (κ2) is 8.86. The monoisotopic (exact) mass is 439 g/mol. The number of sulfonamides is 1. The zero-order valence-corrected chi connectivity index (χ0v) is 18.0. The summed E-state index contributed by atoms with van der Waals surface area (Å²) < 4.78 is 28.0. The first-order valence-electron chi connectivity index (χ1n) is 9.54. The summed E-state index contributed by atoms with van der Waals surface area (Å²) in [6, 6.07) is 10.9. The lowest BCUT2D eigenvalue weighted by molar-refractivity contribution is 0.581. The average molecular weight is 440 g/mol. The lowest BCUT2D eigenvalue weighted by Crippen LogP contribution is -2.26. The quantitative estimate of drug-likeness (QED) is 0.436. The Morgan fingerprint density at radius 2 is 1.97 bits per heavy atom. The van der Waals surface area contributed by atoms with Gasteiger partial charge in [0.05, 0.1) is 21.7 Å². The van der Waals surface area contributed by atoms with Gasteiger partial charge in [0, 0.05) is 24.5 Å². The number of hydrogen-bond donors (Lipinski definition) is 2. The first-order valence-corrected chi connectivity index (χ1v) is 11.9. The maximum absolute atomic E-state index is 12.7. The van der Waals surface area contributed by atoms with Crippen LogP contribution in [0.25, 0.3) is 22.0 Å². The molecule has 0 fully saturated rings. The Morgan fingerprint density at radius 1 is 1.13 bits per heavy atom. The third-order valence-corrected chi connectivity index (χ3v) is 7.11. The number of aromatic amines is 1. The lowest BCUT2D eigenvalue weighted by Gasteiger charge is -2.09. The van der Waals surface area contributed by atoms with E-state index < -0.39 is 10.0 Å². The minimum atomic E-state index is -3.59. The molecule has 30 heavy (non-hydrogen) atoms. The normalized spacial score (nSPS) is 11.6.